The van der Waals surface area contributed by atoms with Crippen LogP contribution in [0.15, 0.2) is 53.7 Å². The van der Waals surface area contributed by atoms with Gasteiger partial charge in [-0.3, -0.25) is 0 Å². The van der Waals surface area contributed by atoms with Crippen LogP contribution in [0.5, 0.6) is 5.75 Å². The Morgan fingerprint density at radius 2 is 2.00 bits per heavy atom. The van der Waals surface area contributed by atoms with E-state index in [1.807, 2.05) is 0 Å². The number of ether oxygens (including phenoxy) is 1. The van der Waals surface area contributed by atoms with E-state index in [1.165, 1.54) is 43.6 Å². The van der Waals surface area contributed by atoms with Gasteiger partial charge in [-0.05, 0) is 36.1 Å². The predicted octanol–water partition coefficient (Wildman–Crippen LogP) is 4.81. The fourth-order valence-corrected chi connectivity index (χ4v) is 5.10. The van der Waals surface area contributed by atoms with Gasteiger partial charge >= 0.3 is 6.09 Å². The van der Waals surface area contributed by atoms with Gasteiger partial charge in [-0.2, -0.15) is 0 Å². The van der Waals surface area contributed by atoms with E-state index in [2.05, 4.69) is 10.3 Å². The van der Waals surface area contributed by atoms with E-state index >= 15 is 4.39 Å². The minimum atomic E-state index is -4.29. The first-order chi connectivity index (χ1) is 15.9. The molecule has 0 saturated heterocycles. The average molecular weight is 510 g/mol. The van der Waals surface area contributed by atoms with Gasteiger partial charge in [-0.15, -0.1) is 0 Å². The second-order valence-corrected chi connectivity index (χ2v) is 10.9. The molecule has 2 aromatic heterocycles. The molecule has 0 bridgehead atoms. The van der Waals surface area contributed by atoms with Crippen molar-refractivity contribution >= 4 is 27.7 Å². The van der Waals surface area contributed by atoms with E-state index in [4.69, 9.17) is 16.3 Å². The lowest BCUT2D eigenvalue weighted by molar-refractivity contribution is 0.174. The minimum absolute atomic E-state index is 0.00932. The summed E-state index contributed by atoms with van der Waals surface area (Å²) in [6.07, 6.45) is 1.21. The maximum absolute atomic E-state index is 15.9. The first-order valence-corrected chi connectivity index (χ1v) is 12.1. The summed E-state index contributed by atoms with van der Waals surface area (Å²) in [4.78, 5) is 15.2. The van der Waals surface area contributed by atoms with Gasteiger partial charge in [0.05, 0.1) is 12.0 Å². The van der Waals surface area contributed by atoms with Crippen molar-refractivity contribution in [2.45, 2.75) is 38.1 Å². The SMILES string of the molecule is COc1cccc(S(=O)(=O)n2cc(CC(NC(=O)O)C(C)(C)C)c(F)c2-c2cccnc2Cl)c1. The zero-order valence-electron chi connectivity index (χ0n) is 19.0. The Morgan fingerprint density at radius 3 is 2.59 bits per heavy atom. The second kappa shape index (κ2) is 9.63. The Hall–Kier alpha value is -3.11. The van der Waals surface area contributed by atoms with Crippen LogP contribution in [0.25, 0.3) is 11.3 Å². The molecule has 1 aromatic carbocycles. The van der Waals surface area contributed by atoms with Gasteiger partial charge < -0.3 is 15.2 Å². The van der Waals surface area contributed by atoms with E-state index in [0.717, 1.165) is 10.2 Å². The Bertz CT molecular complexity index is 1320. The predicted molar refractivity (Wildman–Crippen MR) is 126 cm³/mol. The second-order valence-electron chi connectivity index (χ2n) is 8.71. The zero-order chi connectivity index (χ0) is 25.3. The van der Waals surface area contributed by atoms with Crippen LogP contribution in [0.4, 0.5) is 9.18 Å². The van der Waals surface area contributed by atoms with Gasteiger partial charge in [-0.25, -0.2) is 26.6 Å². The summed E-state index contributed by atoms with van der Waals surface area (Å²) in [5.74, 6) is -0.517. The number of amides is 1. The monoisotopic (exact) mass is 509 g/mol. The van der Waals surface area contributed by atoms with Gasteiger partial charge in [0.25, 0.3) is 10.0 Å². The Morgan fingerprint density at radius 1 is 1.29 bits per heavy atom. The van der Waals surface area contributed by atoms with Crippen LogP contribution >= 0.6 is 11.6 Å². The number of nitrogens with zero attached hydrogens (tertiary/aromatic N) is 2. The van der Waals surface area contributed by atoms with Crippen molar-refractivity contribution in [2.24, 2.45) is 5.41 Å². The summed E-state index contributed by atoms with van der Waals surface area (Å²) in [5.41, 5.74) is -0.781. The number of benzene rings is 1. The standard InChI is InChI=1S/C23H25ClFN3O5S/c1-23(2,3)18(27-22(29)30)11-14-13-28(20(19(14)25)17-9-6-10-26-21(17)24)34(31,32)16-8-5-7-15(12-16)33-4/h5-10,12-13,18,27H,11H2,1-4H3,(H,29,30). The van der Waals surface area contributed by atoms with E-state index in [1.54, 1.807) is 26.8 Å². The minimum Gasteiger partial charge on any atom is -0.497 e. The molecule has 0 saturated carbocycles. The zero-order valence-corrected chi connectivity index (χ0v) is 20.6. The van der Waals surface area contributed by atoms with E-state index in [9.17, 15) is 18.3 Å². The Kier molecular flexibility index (Phi) is 7.23. The molecule has 0 fully saturated rings. The third-order valence-corrected chi connectivity index (χ3v) is 7.32. The molecule has 1 unspecified atom stereocenters. The summed E-state index contributed by atoms with van der Waals surface area (Å²) in [6.45, 7) is 5.40. The number of hydrogen-bond acceptors (Lipinski definition) is 5. The molecule has 0 radical (unpaired) electrons. The molecular weight excluding hydrogens is 485 g/mol. The first-order valence-electron chi connectivity index (χ1n) is 10.3. The van der Waals surface area contributed by atoms with Crippen LogP contribution in [0.1, 0.15) is 26.3 Å². The summed E-state index contributed by atoms with van der Waals surface area (Å²) in [6, 6.07) is 8.07. The highest BCUT2D eigenvalue weighted by molar-refractivity contribution is 7.90. The molecule has 0 aliphatic rings. The fourth-order valence-electron chi connectivity index (χ4n) is 3.46. The maximum Gasteiger partial charge on any atom is 0.404 e. The van der Waals surface area contributed by atoms with Gasteiger partial charge in [-0.1, -0.05) is 38.4 Å². The summed E-state index contributed by atoms with van der Waals surface area (Å²) < 4.78 is 49.0. The molecule has 0 aliphatic carbocycles. The molecule has 2 heterocycles. The molecule has 0 spiro atoms. The van der Waals surface area contributed by atoms with Crippen molar-refractivity contribution in [1.29, 1.82) is 0 Å². The number of pyridine rings is 1. The largest absolute Gasteiger partial charge is 0.497 e. The van der Waals surface area contributed by atoms with Crippen LogP contribution in [-0.4, -0.2) is 41.7 Å². The molecule has 8 nitrogen and oxygen atoms in total. The highest BCUT2D eigenvalue weighted by Crippen LogP contribution is 2.36. The van der Waals surface area contributed by atoms with Gasteiger partial charge in [0.15, 0.2) is 5.82 Å². The topological polar surface area (TPSA) is 111 Å². The van der Waals surface area contributed by atoms with E-state index < -0.39 is 33.4 Å². The number of hydrogen-bond donors (Lipinski definition) is 2. The number of aromatic nitrogens is 2. The molecule has 34 heavy (non-hydrogen) atoms. The number of rotatable bonds is 7. The molecule has 1 atom stereocenters. The lowest BCUT2D eigenvalue weighted by atomic mass is 9.83. The molecule has 3 aromatic rings. The lowest BCUT2D eigenvalue weighted by Crippen LogP contribution is -2.44. The number of carbonyl (C=O) groups is 1. The van der Waals surface area contributed by atoms with Crippen LogP contribution in [0.2, 0.25) is 5.15 Å². The quantitative estimate of drug-likeness (QED) is 0.442. The van der Waals surface area contributed by atoms with E-state index in [-0.39, 0.29) is 33.3 Å². The Labute approximate surface area is 202 Å². The van der Waals surface area contributed by atoms with Crippen molar-refractivity contribution < 1.29 is 27.4 Å². The third kappa shape index (κ3) is 5.18. The van der Waals surface area contributed by atoms with Crippen LogP contribution in [0.3, 0.4) is 0 Å². The smallest absolute Gasteiger partial charge is 0.404 e. The van der Waals surface area contributed by atoms with Crippen molar-refractivity contribution in [2.75, 3.05) is 7.11 Å². The van der Waals surface area contributed by atoms with Crippen molar-refractivity contribution in [3.05, 3.63) is 65.3 Å². The molecule has 0 aliphatic heterocycles. The van der Waals surface area contributed by atoms with Crippen LogP contribution < -0.4 is 10.1 Å². The summed E-state index contributed by atoms with van der Waals surface area (Å²) in [5, 5.41) is 11.6. The third-order valence-electron chi connectivity index (χ3n) is 5.36. The van der Waals surface area contributed by atoms with Gasteiger partial charge in [0.1, 0.15) is 16.6 Å². The number of nitrogens with one attached hydrogen (secondary N) is 1. The summed E-state index contributed by atoms with van der Waals surface area (Å²) >= 11 is 6.21. The van der Waals surface area contributed by atoms with Crippen molar-refractivity contribution in [1.82, 2.24) is 14.3 Å². The average Bonchev–Trinajstić information content (AvgIpc) is 3.09. The number of carboxylic acid groups (broad SMARTS) is 1. The van der Waals surface area contributed by atoms with Crippen LogP contribution in [0, 0.1) is 11.2 Å². The van der Waals surface area contributed by atoms with E-state index in [0.29, 0.717) is 5.75 Å². The molecule has 182 valence electrons. The van der Waals surface area contributed by atoms with Crippen molar-refractivity contribution in [3.8, 4) is 17.0 Å². The molecule has 2 N–H and O–H groups in total. The molecule has 1 amide bonds. The highest BCUT2D eigenvalue weighted by Gasteiger charge is 2.32. The number of methoxy groups -OCH3 is 1. The van der Waals surface area contributed by atoms with Crippen molar-refractivity contribution in [3.63, 3.8) is 0 Å². The normalized spacial score (nSPS) is 12.9. The molecule has 3 rings (SSSR count). The maximum atomic E-state index is 15.9. The Balaban J connectivity index is 2.25. The van der Waals surface area contributed by atoms with Gasteiger partial charge in [0.2, 0.25) is 0 Å². The molecular formula is C23H25ClFN3O5S. The highest BCUT2D eigenvalue weighted by atomic mass is 35.5. The summed E-state index contributed by atoms with van der Waals surface area (Å²) in [7, 11) is -2.88. The number of halogens is 2. The van der Waals surface area contributed by atoms with Gasteiger partial charge in [0, 0.05) is 35.6 Å². The fraction of sp³-hybridized carbons (Fsp3) is 0.304. The molecule has 11 heteroatoms. The van der Waals surface area contributed by atoms with Crippen LogP contribution in [-0.2, 0) is 16.4 Å². The first kappa shape index (κ1) is 25.5. The lowest BCUT2D eigenvalue weighted by Gasteiger charge is -2.30.